The average Bonchev–Trinajstić information content (AvgIpc) is 3.92. The number of aryl methyl sites for hydroxylation is 1. The summed E-state index contributed by atoms with van der Waals surface area (Å²) in [5.74, 6) is -0.516. The van der Waals surface area contributed by atoms with E-state index in [4.69, 9.17) is 21.1 Å². The van der Waals surface area contributed by atoms with E-state index in [1.54, 1.807) is 39.7 Å². The number of rotatable bonds is 17. The number of nitrogens with zero attached hydrogens (tertiary/aromatic N) is 5. The molecule has 8 rings (SSSR count). The summed E-state index contributed by atoms with van der Waals surface area (Å²) in [5, 5.41) is 32.2. The zero-order valence-electron chi connectivity index (χ0n) is 36.2. The fraction of sp³-hybridized carbons (Fsp3) is 0.417. The number of hydrogen-bond donors (Lipinski definition) is 3. The molecule has 6 atom stereocenters. The second-order valence-corrected chi connectivity index (χ2v) is 21.6. The van der Waals surface area contributed by atoms with Crippen LogP contribution in [-0.2, 0) is 39.4 Å². The first kappa shape index (κ1) is 44.6. The lowest BCUT2D eigenvalue weighted by molar-refractivity contribution is -0.146. The maximum absolute atomic E-state index is 16.7. The summed E-state index contributed by atoms with van der Waals surface area (Å²) < 4.78 is 31.2. The Labute approximate surface area is 374 Å². The normalized spacial score (nSPS) is 22.5. The molecule has 3 aliphatic rings. The summed E-state index contributed by atoms with van der Waals surface area (Å²) in [6, 6.07) is 28.0. The molecule has 1 spiro atoms. The molecule has 15 heteroatoms. The standard InChI is InChI=1S/C48H56ClFN6O6Si/c1-5-61-37-17-19-42-34(25-37)26-40(51-21-9-10-23-57)46(59)56(42)36-15-11-12-32(24-36)28-55-43-18-16-35(49)27-39(43)48(47(55)60)31(2)45(63(3,4)50)44(62-48)20-22-54-29-41(52-53-54)38(30-58)33-13-7-6-8-14-33/h6-8,11-19,24-25,27,29,31,38,40,44-45,51,57-58H,5,9-10,20-23,26,28,30H2,1-4H3/t31-,38?,40?,44+,45-,48+/m1/s1. The summed E-state index contributed by atoms with van der Waals surface area (Å²) in [4.78, 5) is 33.0. The number of carbonyl (C=O) groups is 2. The summed E-state index contributed by atoms with van der Waals surface area (Å²) in [6.07, 6.45) is 3.45. The molecular weight excluding hydrogens is 839 g/mol. The molecule has 2 unspecified atom stereocenters. The van der Waals surface area contributed by atoms with Gasteiger partial charge in [0.05, 0.1) is 54.9 Å². The van der Waals surface area contributed by atoms with Crippen LogP contribution in [0, 0.1) is 5.92 Å². The van der Waals surface area contributed by atoms with Crippen molar-refractivity contribution in [3.8, 4) is 5.75 Å². The number of fused-ring (bicyclic) bond motifs is 3. The van der Waals surface area contributed by atoms with Crippen LogP contribution in [0.5, 0.6) is 5.75 Å². The number of aromatic nitrogens is 3. The second-order valence-electron chi connectivity index (χ2n) is 17.4. The van der Waals surface area contributed by atoms with E-state index in [1.807, 2.05) is 98.9 Å². The van der Waals surface area contributed by atoms with Crippen LogP contribution in [0.1, 0.15) is 67.0 Å². The highest BCUT2D eigenvalue weighted by atomic mass is 35.5. The Kier molecular flexibility index (Phi) is 13.2. The van der Waals surface area contributed by atoms with Gasteiger partial charge in [0.2, 0.25) is 14.3 Å². The van der Waals surface area contributed by atoms with Gasteiger partial charge in [-0.1, -0.05) is 66.2 Å². The maximum atomic E-state index is 16.7. The molecule has 3 N–H and O–H groups in total. The Bertz CT molecular complexity index is 2430. The van der Waals surface area contributed by atoms with Gasteiger partial charge >= 0.3 is 0 Å². The average molecular weight is 896 g/mol. The van der Waals surface area contributed by atoms with Crippen molar-refractivity contribution in [2.24, 2.45) is 5.92 Å². The third-order valence-corrected chi connectivity index (χ3v) is 15.6. The van der Waals surface area contributed by atoms with Gasteiger partial charge in [0.1, 0.15) is 5.75 Å². The summed E-state index contributed by atoms with van der Waals surface area (Å²) in [6.45, 7) is 8.81. The van der Waals surface area contributed by atoms with Crippen molar-refractivity contribution in [1.82, 2.24) is 20.3 Å². The van der Waals surface area contributed by atoms with Crippen molar-refractivity contribution >= 4 is 48.9 Å². The molecule has 3 aliphatic heterocycles. The minimum absolute atomic E-state index is 0.0906. The fourth-order valence-electron chi connectivity index (χ4n) is 10.0. The molecule has 1 saturated heterocycles. The van der Waals surface area contributed by atoms with Crippen LogP contribution in [0.15, 0.2) is 97.2 Å². The number of benzene rings is 4. The Hall–Kier alpha value is -4.96. The number of anilines is 3. The molecule has 63 heavy (non-hydrogen) atoms. The van der Waals surface area contributed by atoms with E-state index in [2.05, 4.69) is 15.6 Å². The number of amides is 2. The topological polar surface area (TPSA) is 142 Å². The van der Waals surface area contributed by atoms with E-state index in [1.165, 1.54) is 0 Å². The lowest BCUT2D eigenvalue weighted by Crippen LogP contribution is -2.49. The smallest absolute Gasteiger partial charge is 0.264 e. The Balaban J connectivity index is 1.08. The largest absolute Gasteiger partial charge is 0.494 e. The molecule has 2 amide bonds. The van der Waals surface area contributed by atoms with Crippen LogP contribution in [-0.4, -0.2) is 83.9 Å². The fourth-order valence-corrected chi connectivity index (χ4v) is 12.8. The first-order valence-corrected chi connectivity index (χ1v) is 25.3. The van der Waals surface area contributed by atoms with Crippen molar-refractivity contribution in [3.63, 3.8) is 0 Å². The van der Waals surface area contributed by atoms with Crippen molar-refractivity contribution in [2.45, 2.75) is 94.9 Å². The first-order chi connectivity index (χ1) is 30.4. The Morgan fingerprint density at radius 2 is 1.81 bits per heavy atom. The zero-order valence-corrected chi connectivity index (χ0v) is 38.0. The molecule has 0 radical (unpaired) electrons. The molecule has 0 aliphatic carbocycles. The monoisotopic (exact) mass is 894 g/mol. The number of unbranched alkanes of at least 4 members (excludes halogenated alkanes) is 1. The molecule has 4 heterocycles. The Morgan fingerprint density at radius 1 is 1.02 bits per heavy atom. The van der Waals surface area contributed by atoms with Crippen molar-refractivity contribution in [2.75, 3.05) is 36.2 Å². The van der Waals surface area contributed by atoms with Gasteiger partial charge in [-0.15, -0.1) is 5.10 Å². The van der Waals surface area contributed by atoms with E-state index in [0.29, 0.717) is 66.6 Å². The van der Waals surface area contributed by atoms with Crippen LogP contribution in [0.25, 0.3) is 0 Å². The molecule has 332 valence electrons. The van der Waals surface area contributed by atoms with Crippen LogP contribution in [0.3, 0.4) is 0 Å². The molecule has 1 aromatic heterocycles. The number of carbonyl (C=O) groups excluding carboxylic acids is 2. The van der Waals surface area contributed by atoms with Crippen molar-refractivity contribution < 1.29 is 33.4 Å². The van der Waals surface area contributed by atoms with Crippen LogP contribution in [0.4, 0.5) is 21.2 Å². The molecule has 0 saturated carbocycles. The van der Waals surface area contributed by atoms with E-state index in [9.17, 15) is 15.0 Å². The van der Waals surface area contributed by atoms with E-state index >= 15 is 8.90 Å². The minimum Gasteiger partial charge on any atom is -0.494 e. The lowest BCUT2D eigenvalue weighted by Gasteiger charge is -2.35. The van der Waals surface area contributed by atoms with Crippen LogP contribution < -0.4 is 19.9 Å². The van der Waals surface area contributed by atoms with E-state index < -0.39 is 37.6 Å². The highest BCUT2D eigenvalue weighted by Crippen LogP contribution is 2.60. The lowest BCUT2D eigenvalue weighted by atomic mass is 9.82. The summed E-state index contributed by atoms with van der Waals surface area (Å²) >= 11 is 6.68. The molecule has 0 bridgehead atoms. The maximum Gasteiger partial charge on any atom is 0.264 e. The van der Waals surface area contributed by atoms with Gasteiger partial charge in [-0.25, -0.2) is 0 Å². The SMILES string of the molecule is CCOc1ccc2c(c1)CC(NCCCCO)C(=O)N2c1cccc(CN2C(=O)[C@@]3(O[C@@H](CCn4cc(C(CO)c5ccccc5)nn4)[C@H]([Si](C)(C)F)[C@H]3C)c3cc(Cl)ccc32)c1. The minimum atomic E-state index is -3.46. The first-order valence-electron chi connectivity index (χ1n) is 21.9. The van der Waals surface area contributed by atoms with E-state index in [0.717, 1.165) is 34.5 Å². The molecular formula is C48H56ClFN6O6Si. The number of halogens is 2. The zero-order chi connectivity index (χ0) is 44.5. The van der Waals surface area contributed by atoms with Gasteiger partial charge in [-0.05, 0) is 117 Å². The van der Waals surface area contributed by atoms with Gasteiger partial charge in [0, 0.05) is 47.1 Å². The summed E-state index contributed by atoms with van der Waals surface area (Å²) in [5.41, 5.74) is 3.97. The highest BCUT2D eigenvalue weighted by Gasteiger charge is 2.66. The van der Waals surface area contributed by atoms with Crippen LogP contribution >= 0.6 is 11.6 Å². The predicted molar refractivity (Wildman–Crippen MR) is 244 cm³/mol. The van der Waals surface area contributed by atoms with Crippen molar-refractivity contribution in [3.05, 3.63) is 130 Å². The number of nitrogens with one attached hydrogen (secondary N) is 1. The summed E-state index contributed by atoms with van der Waals surface area (Å²) in [7, 11) is -3.46. The van der Waals surface area contributed by atoms with Gasteiger partial charge < -0.3 is 34.0 Å². The van der Waals surface area contributed by atoms with Gasteiger partial charge in [0.15, 0.2) is 5.60 Å². The molecule has 5 aromatic rings. The van der Waals surface area contributed by atoms with Gasteiger partial charge in [-0.2, -0.15) is 0 Å². The third-order valence-electron chi connectivity index (χ3n) is 12.9. The number of ether oxygens (including phenoxy) is 2. The third kappa shape index (κ3) is 8.69. The molecule has 1 fully saturated rings. The number of hydrogen-bond acceptors (Lipinski definition) is 9. The van der Waals surface area contributed by atoms with Gasteiger partial charge in [-0.3, -0.25) is 19.2 Å². The molecule has 4 aromatic carbocycles. The second kappa shape index (κ2) is 18.6. The Morgan fingerprint density at radius 3 is 2.56 bits per heavy atom. The van der Waals surface area contributed by atoms with E-state index in [-0.39, 0.29) is 37.5 Å². The quantitative estimate of drug-likeness (QED) is 0.0484. The number of aliphatic hydroxyl groups excluding tert-OH is 2. The predicted octanol–water partition coefficient (Wildman–Crippen LogP) is 7.82. The van der Waals surface area contributed by atoms with Crippen molar-refractivity contribution in [1.29, 1.82) is 0 Å². The van der Waals surface area contributed by atoms with Crippen LogP contribution in [0.2, 0.25) is 23.7 Å². The highest BCUT2D eigenvalue weighted by molar-refractivity contribution is 6.72. The molecule has 12 nitrogen and oxygen atoms in total. The van der Waals surface area contributed by atoms with Gasteiger partial charge in [0.25, 0.3) is 5.91 Å². The number of aliphatic hydroxyl groups is 2.